The summed E-state index contributed by atoms with van der Waals surface area (Å²) in [7, 11) is 1.34. The van der Waals surface area contributed by atoms with Gasteiger partial charge in [-0.2, -0.15) is 8.78 Å². The zero-order chi connectivity index (χ0) is 24.8. The number of carbonyl (C=O) groups is 2. The fourth-order valence-corrected chi connectivity index (χ4v) is 4.23. The Morgan fingerprint density at radius 1 is 1.09 bits per heavy atom. The van der Waals surface area contributed by atoms with Crippen LogP contribution in [0.4, 0.5) is 14.5 Å². The van der Waals surface area contributed by atoms with Crippen LogP contribution in [-0.2, 0) is 4.79 Å². The molecule has 2 amide bonds. The van der Waals surface area contributed by atoms with Crippen LogP contribution in [0.5, 0.6) is 11.5 Å². The van der Waals surface area contributed by atoms with Gasteiger partial charge in [0.25, 0.3) is 5.91 Å². The maximum atomic E-state index is 13.0. The molecule has 2 aromatic rings. The summed E-state index contributed by atoms with van der Waals surface area (Å²) in [6, 6.07) is 9.68. The second kappa shape index (κ2) is 11.1. The Hall–Kier alpha value is -3.42. The molecule has 1 aliphatic rings. The zero-order valence-corrected chi connectivity index (χ0v) is 19.8. The summed E-state index contributed by atoms with van der Waals surface area (Å²) >= 11 is 0. The number of anilines is 1. The van der Waals surface area contributed by atoms with Gasteiger partial charge >= 0.3 is 6.61 Å². The van der Waals surface area contributed by atoms with Crippen molar-refractivity contribution in [2.24, 2.45) is 11.8 Å². The van der Waals surface area contributed by atoms with Gasteiger partial charge in [-0.05, 0) is 66.6 Å². The van der Waals surface area contributed by atoms with Gasteiger partial charge in [0.2, 0.25) is 5.91 Å². The molecule has 34 heavy (non-hydrogen) atoms. The van der Waals surface area contributed by atoms with Gasteiger partial charge in [-0.3, -0.25) is 9.59 Å². The van der Waals surface area contributed by atoms with E-state index >= 15 is 0 Å². The van der Waals surface area contributed by atoms with Crippen LogP contribution in [0, 0.1) is 18.8 Å². The zero-order valence-electron chi connectivity index (χ0n) is 19.8. The van der Waals surface area contributed by atoms with Crippen molar-refractivity contribution < 1.29 is 27.8 Å². The number of piperidine rings is 1. The minimum Gasteiger partial charge on any atom is -0.493 e. The van der Waals surface area contributed by atoms with Crippen molar-refractivity contribution in [1.82, 2.24) is 4.90 Å². The third kappa shape index (κ3) is 6.56. The predicted octanol–water partition coefficient (Wildman–Crippen LogP) is 5.38. The number of hydrogen-bond donors (Lipinski definition) is 1. The molecule has 182 valence electrons. The SMILES string of the molecule is COc1cc(/C=C/C(=O)Nc2cc(C(=O)N3CC(C)CC(C)C3)ccc2C)ccc1OC(F)F. The van der Waals surface area contributed by atoms with Crippen LogP contribution in [0.25, 0.3) is 6.08 Å². The standard InChI is InChI=1S/C26H30F2N2O4/c1-16-11-17(2)15-30(14-16)25(32)20-8-5-18(3)21(13-20)29-24(31)10-7-19-6-9-22(34-26(27)28)23(12-19)33-4/h5-10,12-13,16-17,26H,11,14-15H2,1-4H3,(H,29,31)/b10-7+. The number of amides is 2. The number of rotatable bonds is 7. The van der Waals surface area contributed by atoms with Gasteiger partial charge < -0.3 is 19.7 Å². The first kappa shape index (κ1) is 25.2. The van der Waals surface area contributed by atoms with Crippen LogP contribution < -0.4 is 14.8 Å². The van der Waals surface area contributed by atoms with Crippen molar-refractivity contribution in [3.05, 3.63) is 59.2 Å². The van der Waals surface area contributed by atoms with E-state index < -0.39 is 6.61 Å². The molecule has 0 aromatic heterocycles. The molecular weight excluding hydrogens is 442 g/mol. The lowest BCUT2D eigenvalue weighted by Crippen LogP contribution is -2.42. The molecule has 2 unspecified atom stereocenters. The van der Waals surface area contributed by atoms with Crippen LogP contribution in [0.2, 0.25) is 0 Å². The van der Waals surface area contributed by atoms with E-state index in [1.165, 1.54) is 37.5 Å². The lowest BCUT2D eigenvalue weighted by Gasteiger charge is -2.35. The number of halogens is 2. The largest absolute Gasteiger partial charge is 0.493 e. The average molecular weight is 473 g/mol. The minimum atomic E-state index is -2.96. The molecule has 0 aliphatic carbocycles. The molecule has 2 aromatic carbocycles. The summed E-state index contributed by atoms with van der Waals surface area (Å²) in [6.07, 6.45) is 3.97. The van der Waals surface area contributed by atoms with E-state index in [1.54, 1.807) is 12.1 Å². The van der Waals surface area contributed by atoms with Gasteiger partial charge in [-0.15, -0.1) is 0 Å². The topological polar surface area (TPSA) is 67.9 Å². The molecule has 0 saturated carbocycles. The molecule has 1 N–H and O–H groups in total. The summed E-state index contributed by atoms with van der Waals surface area (Å²) in [5.41, 5.74) is 2.49. The second-order valence-corrected chi connectivity index (χ2v) is 8.80. The van der Waals surface area contributed by atoms with Crippen LogP contribution in [0.3, 0.4) is 0 Å². The lowest BCUT2D eigenvalue weighted by molar-refractivity contribution is -0.111. The molecule has 2 atom stereocenters. The van der Waals surface area contributed by atoms with E-state index in [0.29, 0.717) is 28.7 Å². The Bertz CT molecular complexity index is 1060. The van der Waals surface area contributed by atoms with Crippen molar-refractivity contribution in [2.45, 2.75) is 33.8 Å². The van der Waals surface area contributed by atoms with Crippen molar-refractivity contribution in [3.63, 3.8) is 0 Å². The van der Waals surface area contributed by atoms with Crippen molar-refractivity contribution in [2.75, 3.05) is 25.5 Å². The summed E-state index contributed by atoms with van der Waals surface area (Å²) in [4.78, 5) is 27.4. The lowest BCUT2D eigenvalue weighted by atomic mass is 9.91. The highest BCUT2D eigenvalue weighted by molar-refractivity contribution is 6.03. The Morgan fingerprint density at radius 3 is 2.44 bits per heavy atom. The highest BCUT2D eigenvalue weighted by Crippen LogP contribution is 2.30. The molecular formula is C26H30F2N2O4. The number of likely N-dealkylation sites (tertiary alicyclic amines) is 1. The summed E-state index contributed by atoms with van der Waals surface area (Å²) < 4.78 is 34.4. The fraction of sp³-hybridized carbons (Fsp3) is 0.385. The maximum absolute atomic E-state index is 13.0. The van der Waals surface area contributed by atoms with Crippen molar-refractivity contribution in [1.29, 1.82) is 0 Å². The summed E-state index contributed by atoms with van der Waals surface area (Å²) in [6.45, 7) is 4.65. The molecule has 0 radical (unpaired) electrons. The second-order valence-electron chi connectivity index (χ2n) is 8.80. The third-order valence-corrected chi connectivity index (χ3v) is 5.73. The smallest absolute Gasteiger partial charge is 0.387 e. The molecule has 1 fully saturated rings. The Morgan fingerprint density at radius 2 is 1.79 bits per heavy atom. The van der Waals surface area contributed by atoms with Gasteiger partial charge in [-0.1, -0.05) is 26.0 Å². The number of nitrogens with one attached hydrogen (secondary N) is 1. The number of alkyl halides is 2. The minimum absolute atomic E-state index is 0.0392. The number of nitrogens with zero attached hydrogens (tertiary/aromatic N) is 1. The number of aryl methyl sites for hydroxylation is 1. The quantitative estimate of drug-likeness (QED) is 0.550. The normalized spacial score (nSPS) is 18.3. The van der Waals surface area contributed by atoms with Gasteiger partial charge in [0, 0.05) is 30.4 Å². The van der Waals surface area contributed by atoms with Crippen LogP contribution in [0.1, 0.15) is 41.8 Å². The van der Waals surface area contributed by atoms with Gasteiger partial charge in [0.1, 0.15) is 0 Å². The first-order chi connectivity index (χ1) is 16.2. The van der Waals surface area contributed by atoms with E-state index in [4.69, 9.17) is 4.74 Å². The molecule has 1 aliphatic heterocycles. The molecule has 8 heteroatoms. The van der Waals surface area contributed by atoms with E-state index in [-0.39, 0.29) is 23.3 Å². The van der Waals surface area contributed by atoms with Gasteiger partial charge in [-0.25, -0.2) is 0 Å². The molecule has 0 bridgehead atoms. The predicted molar refractivity (Wildman–Crippen MR) is 127 cm³/mol. The highest BCUT2D eigenvalue weighted by atomic mass is 19.3. The number of carbonyl (C=O) groups excluding carboxylic acids is 2. The number of hydrogen-bond acceptors (Lipinski definition) is 4. The fourth-order valence-electron chi connectivity index (χ4n) is 4.23. The molecule has 0 spiro atoms. The van der Waals surface area contributed by atoms with E-state index in [1.807, 2.05) is 17.9 Å². The van der Waals surface area contributed by atoms with Crippen molar-refractivity contribution in [3.8, 4) is 11.5 Å². The van der Waals surface area contributed by atoms with E-state index in [0.717, 1.165) is 25.1 Å². The Labute approximate surface area is 198 Å². The molecule has 3 rings (SSSR count). The number of benzene rings is 2. The number of ether oxygens (including phenoxy) is 2. The van der Waals surface area contributed by atoms with Gasteiger partial charge in [0.05, 0.1) is 7.11 Å². The highest BCUT2D eigenvalue weighted by Gasteiger charge is 2.26. The Balaban J connectivity index is 1.70. The van der Waals surface area contributed by atoms with Crippen molar-refractivity contribution >= 4 is 23.6 Å². The first-order valence-corrected chi connectivity index (χ1v) is 11.2. The Kier molecular flexibility index (Phi) is 8.26. The summed E-state index contributed by atoms with van der Waals surface area (Å²) in [5.74, 6) is 0.525. The number of methoxy groups -OCH3 is 1. The summed E-state index contributed by atoms with van der Waals surface area (Å²) in [5, 5.41) is 2.81. The molecule has 6 nitrogen and oxygen atoms in total. The average Bonchev–Trinajstić information content (AvgIpc) is 2.78. The van der Waals surface area contributed by atoms with E-state index in [2.05, 4.69) is 23.9 Å². The monoisotopic (exact) mass is 472 g/mol. The molecule has 1 heterocycles. The third-order valence-electron chi connectivity index (χ3n) is 5.73. The van der Waals surface area contributed by atoms with Crippen LogP contribution in [0.15, 0.2) is 42.5 Å². The maximum Gasteiger partial charge on any atom is 0.387 e. The van der Waals surface area contributed by atoms with Crippen LogP contribution in [-0.4, -0.2) is 43.5 Å². The molecule has 1 saturated heterocycles. The van der Waals surface area contributed by atoms with Crippen LogP contribution >= 0.6 is 0 Å². The van der Waals surface area contributed by atoms with Gasteiger partial charge in [0.15, 0.2) is 11.5 Å². The first-order valence-electron chi connectivity index (χ1n) is 11.2. The van der Waals surface area contributed by atoms with E-state index in [9.17, 15) is 18.4 Å².